The molecule has 0 radical (unpaired) electrons. The van der Waals surface area contributed by atoms with Crippen LogP contribution in [0.3, 0.4) is 0 Å². The van der Waals surface area contributed by atoms with Crippen LogP contribution in [0.2, 0.25) is 0 Å². The minimum Gasteiger partial charge on any atom is -0.445 e. The molecule has 0 heterocycles. The first-order valence-electron chi connectivity index (χ1n) is 11.6. The van der Waals surface area contributed by atoms with Gasteiger partial charge in [-0.1, -0.05) is 103 Å². The van der Waals surface area contributed by atoms with Gasteiger partial charge in [0, 0.05) is 18.7 Å². The molecule has 4 aromatic rings. The molecule has 0 atom stereocenters. The molecule has 0 saturated carbocycles. The van der Waals surface area contributed by atoms with Crippen LogP contribution in [0, 0.1) is 0 Å². The lowest BCUT2D eigenvalue weighted by Crippen LogP contribution is -2.26. The van der Waals surface area contributed by atoms with E-state index in [2.05, 4.69) is 10.6 Å². The molecule has 2 N–H and O–H groups in total. The van der Waals surface area contributed by atoms with Crippen LogP contribution in [0.25, 0.3) is 11.1 Å². The second kappa shape index (κ2) is 12.2. The highest BCUT2D eigenvalue weighted by molar-refractivity contribution is 6.01. The van der Waals surface area contributed by atoms with Crippen LogP contribution in [-0.2, 0) is 24.3 Å². The van der Waals surface area contributed by atoms with Gasteiger partial charge in [0.15, 0.2) is 0 Å². The Bertz CT molecular complexity index is 1260. The number of carbonyl (C=O) groups is 2. The molecule has 0 saturated heterocycles. The van der Waals surface area contributed by atoms with E-state index in [1.54, 1.807) is 0 Å². The van der Waals surface area contributed by atoms with Gasteiger partial charge in [-0.05, 0) is 40.3 Å². The number of carbonyl (C=O) groups excluding carboxylic acids is 2. The highest BCUT2D eigenvalue weighted by Crippen LogP contribution is 2.27. The summed E-state index contributed by atoms with van der Waals surface area (Å²) in [4.78, 5) is 25.3. The van der Waals surface area contributed by atoms with Crippen molar-refractivity contribution in [2.24, 2.45) is 0 Å². The summed E-state index contributed by atoms with van der Waals surface area (Å²) in [5.41, 5.74) is 5.31. The van der Waals surface area contributed by atoms with E-state index >= 15 is 0 Å². The summed E-state index contributed by atoms with van der Waals surface area (Å²) < 4.78 is 5.32. The molecule has 4 rings (SSSR count). The minimum absolute atomic E-state index is 0.124. The maximum atomic E-state index is 13.0. The first-order valence-corrected chi connectivity index (χ1v) is 11.6. The van der Waals surface area contributed by atoms with Crippen molar-refractivity contribution in [2.45, 2.75) is 19.6 Å². The lowest BCUT2D eigenvalue weighted by Gasteiger charge is -2.15. The van der Waals surface area contributed by atoms with E-state index in [1.807, 2.05) is 109 Å². The number of rotatable bonds is 9. The van der Waals surface area contributed by atoms with E-state index in [4.69, 9.17) is 4.74 Å². The number of hydrogen-bond acceptors (Lipinski definition) is 3. The molecule has 0 aliphatic heterocycles. The highest BCUT2D eigenvalue weighted by Gasteiger charge is 2.15. The Labute approximate surface area is 205 Å². The first kappa shape index (κ1) is 23.8. The lowest BCUT2D eigenvalue weighted by molar-refractivity contribution is 0.0954. The summed E-state index contributed by atoms with van der Waals surface area (Å²) in [5.74, 6) is -0.124. The fourth-order valence-corrected chi connectivity index (χ4v) is 3.86. The van der Waals surface area contributed by atoms with Crippen LogP contribution >= 0.6 is 0 Å². The van der Waals surface area contributed by atoms with Crippen molar-refractivity contribution in [3.8, 4) is 11.1 Å². The molecule has 0 bridgehead atoms. The van der Waals surface area contributed by atoms with Crippen molar-refractivity contribution in [3.05, 3.63) is 131 Å². The average Bonchev–Trinajstić information content (AvgIpc) is 2.92. The molecule has 0 unspecified atom stereocenters. The molecule has 2 amide bonds. The van der Waals surface area contributed by atoms with Gasteiger partial charge in [-0.2, -0.15) is 0 Å². The molecule has 0 aliphatic carbocycles. The zero-order valence-corrected chi connectivity index (χ0v) is 19.4. The largest absolute Gasteiger partial charge is 0.445 e. The Morgan fingerprint density at radius 1 is 0.629 bits per heavy atom. The van der Waals surface area contributed by atoms with Crippen LogP contribution in [0.5, 0.6) is 0 Å². The van der Waals surface area contributed by atoms with E-state index in [1.165, 1.54) is 5.56 Å². The Morgan fingerprint density at radius 2 is 1.23 bits per heavy atom. The molecule has 0 aromatic heterocycles. The molecule has 35 heavy (non-hydrogen) atoms. The van der Waals surface area contributed by atoms with Crippen molar-refractivity contribution in [2.75, 3.05) is 6.54 Å². The van der Waals surface area contributed by atoms with Gasteiger partial charge in [-0.25, -0.2) is 4.79 Å². The van der Waals surface area contributed by atoms with E-state index in [-0.39, 0.29) is 19.1 Å². The number of hydrogen-bond donors (Lipinski definition) is 2. The van der Waals surface area contributed by atoms with Crippen LogP contribution in [0.4, 0.5) is 4.79 Å². The smallest absolute Gasteiger partial charge is 0.407 e. The molecule has 4 aromatic carbocycles. The zero-order chi connectivity index (χ0) is 24.3. The zero-order valence-electron chi connectivity index (χ0n) is 19.4. The maximum Gasteiger partial charge on any atom is 0.407 e. The van der Waals surface area contributed by atoms with Gasteiger partial charge in [-0.15, -0.1) is 0 Å². The minimum atomic E-state index is -0.490. The summed E-state index contributed by atoms with van der Waals surface area (Å²) in [6.45, 7) is 1.04. The predicted molar refractivity (Wildman–Crippen MR) is 138 cm³/mol. The molecule has 5 heteroatoms. The second-order valence-electron chi connectivity index (χ2n) is 8.11. The van der Waals surface area contributed by atoms with Gasteiger partial charge in [-0.3, -0.25) is 4.79 Å². The Morgan fingerprint density at radius 3 is 1.97 bits per heavy atom. The highest BCUT2D eigenvalue weighted by atomic mass is 16.5. The van der Waals surface area contributed by atoms with Gasteiger partial charge in [0.05, 0.1) is 0 Å². The molecule has 0 fully saturated rings. The number of amides is 2. The van der Waals surface area contributed by atoms with Crippen molar-refractivity contribution in [1.82, 2.24) is 10.6 Å². The summed E-state index contributed by atoms with van der Waals surface area (Å²) >= 11 is 0. The topological polar surface area (TPSA) is 67.4 Å². The van der Waals surface area contributed by atoms with Crippen LogP contribution in [0.15, 0.2) is 109 Å². The van der Waals surface area contributed by atoms with Crippen molar-refractivity contribution in [3.63, 3.8) is 0 Å². The van der Waals surface area contributed by atoms with E-state index in [0.29, 0.717) is 12.1 Å². The second-order valence-corrected chi connectivity index (χ2v) is 8.11. The third-order valence-electron chi connectivity index (χ3n) is 5.66. The van der Waals surface area contributed by atoms with Crippen molar-refractivity contribution >= 4 is 12.0 Å². The predicted octanol–water partition coefficient (Wildman–Crippen LogP) is 5.75. The van der Waals surface area contributed by atoms with Gasteiger partial charge < -0.3 is 15.4 Å². The van der Waals surface area contributed by atoms with Crippen LogP contribution in [-0.4, -0.2) is 18.5 Å². The lowest BCUT2D eigenvalue weighted by atomic mass is 9.95. The number of ether oxygens (including phenoxy) is 1. The SMILES string of the molecule is O=C(NCc1ccccc1-c1ccccc1C(=O)NCCc1ccccc1)OCc1ccccc1. The van der Waals surface area contributed by atoms with Gasteiger partial charge in [0.1, 0.15) is 6.61 Å². The van der Waals surface area contributed by atoms with Crippen LogP contribution in [0.1, 0.15) is 27.0 Å². The fourth-order valence-electron chi connectivity index (χ4n) is 3.86. The number of alkyl carbamates (subject to hydrolysis) is 1. The molecular weight excluding hydrogens is 436 g/mol. The standard InChI is InChI=1S/C30H28N2O3/c33-29(31-20-19-23-11-3-1-4-12-23)28-18-10-9-17-27(28)26-16-8-7-15-25(26)21-32-30(34)35-22-24-13-5-2-6-14-24/h1-18H,19-22H2,(H,31,33)(H,32,34). The Balaban J connectivity index is 1.41. The molecule has 176 valence electrons. The quantitative estimate of drug-likeness (QED) is 0.331. The van der Waals surface area contributed by atoms with Crippen molar-refractivity contribution in [1.29, 1.82) is 0 Å². The summed E-state index contributed by atoms with van der Waals surface area (Å²) in [6.07, 6.45) is 0.274. The fraction of sp³-hybridized carbons (Fsp3) is 0.133. The number of nitrogens with one attached hydrogen (secondary N) is 2. The summed E-state index contributed by atoms with van der Waals surface area (Å²) in [7, 11) is 0. The monoisotopic (exact) mass is 464 g/mol. The molecule has 0 spiro atoms. The van der Waals surface area contributed by atoms with Crippen LogP contribution < -0.4 is 10.6 Å². The maximum absolute atomic E-state index is 13.0. The third-order valence-corrected chi connectivity index (χ3v) is 5.66. The third kappa shape index (κ3) is 6.81. The normalized spacial score (nSPS) is 10.4. The number of benzene rings is 4. The Hall–Kier alpha value is -4.38. The van der Waals surface area contributed by atoms with Gasteiger partial charge in [0.25, 0.3) is 5.91 Å². The van der Waals surface area contributed by atoms with E-state index in [9.17, 15) is 9.59 Å². The van der Waals surface area contributed by atoms with E-state index < -0.39 is 6.09 Å². The first-order chi connectivity index (χ1) is 17.2. The Kier molecular flexibility index (Phi) is 8.28. The van der Waals surface area contributed by atoms with Crippen molar-refractivity contribution < 1.29 is 14.3 Å². The van der Waals surface area contributed by atoms with Gasteiger partial charge >= 0.3 is 6.09 Å². The average molecular weight is 465 g/mol. The van der Waals surface area contributed by atoms with Gasteiger partial charge in [0.2, 0.25) is 0 Å². The molecule has 5 nitrogen and oxygen atoms in total. The van der Waals surface area contributed by atoms with E-state index in [0.717, 1.165) is 28.7 Å². The summed E-state index contributed by atoms with van der Waals surface area (Å²) in [6, 6.07) is 34.9. The molecular formula is C30H28N2O3. The summed E-state index contributed by atoms with van der Waals surface area (Å²) in [5, 5.41) is 5.85. The molecule has 0 aliphatic rings.